The van der Waals surface area contributed by atoms with E-state index >= 15 is 0 Å². The average Bonchev–Trinajstić information content (AvgIpc) is 3.05. The highest BCUT2D eigenvalue weighted by molar-refractivity contribution is 5.77. The van der Waals surface area contributed by atoms with E-state index in [9.17, 15) is 22.8 Å². The zero-order chi connectivity index (χ0) is 19.3. The number of carboxylic acids is 1. The number of hydrogen-bond donors (Lipinski definition) is 2. The Labute approximate surface area is 148 Å². The standard InChI is InChI=1S/C17H21F3N2O4/c1-26-12-6-4-11(5-7-12)3-2-8-21-16(25)22-9-13(15(23)24)14(10-22)17(18,19)20/h4-7,13-14H,2-3,8-10H2,1H3,(H,21,25)(H,23,24)/t13-,14-/m1/s1. The molecule has 2 rings (SSSR count). The molecule has 2 amide bonds. The van der Waals surface area contributed by atoms with Crippen LogP contribution in [0.4, 0.5) is 18.0 Å². The maximum absolute atomic E-state index is 12.9. The lowest BCUT2D eigenvalue weighted by atomic mass is 9.96. The van der Waals surface area contributed by atoms with E-state index < -0.39 is 43.1 Å². The monoisotopic (exact) mass is 374 g/mol. The molecule has 9 heteroatoms. The van der Waals surface area contributed by atoms with Gasteiger partial charge in [-0.3, -0.25) is 4.79 Å². The number of benzene rings is 1. The van der Waals surface area contributed by atoms with Crippen LogP contribution in [0.15, 0.2) is 24.3 Å². The second kappa shape index (κ2) is 8.29. The number of amides is 2. The number of nitrogens with one attached hydrogen (secondary N) is 1. The molecule has 2 atom stereocenters. The van der Waals surface area contributed by atoms with Crippen LogP contribution >= 0.6 is 0 Å². The number of methoxy groups -OCH3 is 1. The Balaban J connectivity index is 1.79. The molecule has 1 heterocycles. The highest BCUT2D eigenvalue weighted by Gasteiger charge is 2.53. The molecule has 2 N–H and O–H groups in total. The van der Waals surface area contributed by atoms with Crippen molar-refractivity contribution in [1.82, 2.24) is 10.2 Å². The van der Waals surface area contributed by atoms with Crippen molar-refractivity contribution in [1.29, 1.82) is 0 Å². The normalized spacial score (nSPS) is 20.1. The van der Waals surface area contributed by atoms with E-state index in [1.165, 1.54) is 0 Å². The minimum atomic E-state index is -4.65. The molecule has 1 saturated heterocycles. The molecule has 6 nitrogen and oxygen atoms in total. The molecule has 1 aromatic rings. The van der Waals surface area contributed by atoms with Gasteiger partial charge < -0.3 is 20.1 Å². The number of nitrogens with zero attached hydrogens (tertiary/aromatic N) is 1. The molecule has 26 heavy (non-hydrogen) atoms. The van der Waals surface area contributed by atoms with E-state index in [1.54, 1.807) is 7.11 Å². The van der Waals surface area contributed by atoms with Crippen LogP contribution in [0.1, 0.15) is 12.0 Å². The van der Waals surface area contributed by atoms with Gasteiger partial charge in [-0.2, -0.15) is 13.2 Å². The zero-order valence-corrected chi connectivity index (χ0v) is 14.3. The van der Waals surface area contributed by atoms with Crippen LogP contribution in [-0.4, -0.2) is 54.9 Å². The largest absolute Gasteiger partial charge is 0.497 e. The van der Waals surface area contributed by atoms with Crippen LogP contribution < -0.4 is 10.1 Å². The molecule has 0 aliphatic carbocycles. The van der Waals surface area contributed by atoms with E-state index in [0.29, 0.717) is 12.8 Å². The van der Waals surface area contributed by atoms with E-state index in [1.807, 2.05) is 24.3 Å². The number of carbonyl (C=O) groups excluding carboxylic acids is 1. The van der Waals surface area contributed by atoms with Crippen LogP contribution in [0.3, 0.4) is 0 Å². The second-order valence-electron chi connectivity index (χ2n) is 6.18. The van der Waals surface area contributed by atoms with Gasteiger partial charge in [0.25, 0.3) is 0 Å². The molecule has 1 aliphatic rings. The number of aliphatic carboxylic acids is 1. The molecular formula is C17H21F3N2O4. The third kappa shape index (κ3) is 5.03. The van der Waals surface area contributed by atoms with Crippen molar-refractivity contribution in [2.24, 2.45) is 11.8 Å². The first-order valence-corrected chi connectivity index (χ1v) is 8.17. The second-order valence-corrected chi connectivity index (χ2v) is 6.18. The SMILES string of the molecule is COc1ccc(CCCNC(=O)N2C[C@@H](C(F)(F)F)[C@H](C(=O)O)C2)cc1. The molecule has 0 bridgehead atoms. The van der Waals surface area contributed by atoms with Crippen molar-refractivity contribution in [3.63, 3.8) is 0 Å². The van der Waals surface area contributed by atoms with Gasteiger partial charge in [0, 0.05) is 19.6 Å². The summed E-state index contributed by atoms with van der Waals surface area (Å²) in [5.74, 6) is -4.46. The van der Waals surface area contributed by atoms with Gasteiger partial charge in [0.05, 0.1) is 18.9 Å². The quantitative estimate of drug-likeness (QED) is 0.750. The number of urea groups is 1. The summed E-state index contributed by atoms with van der Waals surface area (Å²) in [5, 5.41) is 11.5. The van der Waals surface area contributed by atoms with E-state index in [4.69, 9.17) is 9.84 Å². The predicted octanol–water partition coefficient (Wildman–Crippen LogP) is 2.53. The molecule has 0 unspecified atom stereocenters. The topological polar surface area (TPSA) is 78.9 Å². The fraction of sp³-hybridized carbons (Fsp3) is 0.529. The third-order valence-electron chi connectivity index (χ3n) is 4.42. The molecule has 144 valence electrons. The maximum atomic E-state index is 12.9. The van der Waals surface area contributed by atoms with Crippen molar-refractivity contribution >= 4 is 12.0 Å². The molecule has 0 spiro atoms. The Morgan fingerprint density at radius 2 is 1.92 bits per heavy atom. The molecule has 1 fully saturated rings. The van der Waals surface area contributed by atoms with Gasteiger partial charge in [-0.1, -0.05) is 12.1 Å². The lowest BCUT2D eigenvalue weighted by Gasteiger charge is -2.18. The summed E-state index contributed by atoms with van der Waals surface area (Å²) in [5.41, 5.74) is 1.05. The van der Waals surface area contributed by atoms with Gasteiger partial charge in [0.2, 0.25) is 0 Å². The first kappa shape index (κ1) is 19.9. The first-order chi connectivity index (χ1) is 12.2. The lowest BCUT2D eigenvalue weighted by molar-refractivity contribution is -0.187. The smallest absolute Gasteiger partial charge is 0.394 e. The summed E-state index contributed by atoms with van der Waals surface area (Å²) >= 11 is 0. The summed E-state index contributed by atoms with van der Waals surface area (Å²) < 4.78 is 43.8. The number of hydrogen-bond acceptors (Lipinski definition) is 3. The third-order valence-corrected chi connectivity index (χ3v) is 4.42. The van der Waals surface area contributed by atoms with Crippen molar-refractivity contribution in [3.05, 3.63) is 29.8 Å². The number of ether oxygens (including phenoxy) is 1. The van der Waals surface area contributed by atoms with Crippen LogP contribution in [0.5, 0.6) is 5.75 Å². The Morgan fingerprint density at radius 3 is 2.42 bits per heavy atom. The number of aryl methyl sites for hydroxylation is 1. The lowest BCUT2D eigenvalue weighted by Crippen LogP contribution is -2.40. The summed E-state index contributed by atoms with van der Waals surface area (Å²) in [7, 11) is 1.57. The minimum absolute atomic E-state index is 0.287. The van der Waals surface area contributed by atoms with E-state index in [-0.39, 0.29) is 6.54 Å². The molecule has 0 radical (unpaired) electrons. The van der Waals surface area contributed by atoms with Gasteiger partial charge in [-0.25, -0.2) is 4.79 Å². The summed E-state index contributed by atoms with van der Waals surface area (Å²) in [6.45, 7) is -0.787. The van der Waals surface area contributed by atoms with Gasteiger partial charge >= 0.3 is 18.2 Å². The fourth-order valence-electron chi connectivity index (χ4n) is 2.94. The van der Waals surface area contributed by atoms with Crippen molar-refractivity contribution in [2.75, 3.05) is 26.7 Å². The molecule has 1 aromatic carbocycles. The number of alkyl halides is 3. The van der Waals surface area contributed by atoms with Gasteiger partial charge in [-0.05, 0) is 30.5 Å². The van der Waals surface area contributed by atoms with E-state index in [0.717, 1.165) is 16.2 Å². The van der Waals surface area contributed by atoms with Gasteiger partial charge in [-0.15, -0.1) is 0 Å². The average molecular weight is 374 g/mol. The van der Waals surface area contributed by atoms with Crippen LogP contribution in [0.25, 0.3) is 0 Å². The predicted molar refractivity (Wildman–Crippen MR) is 87.0 cm³/mol. The molecular weight excluding hydrogens is 353 g/mol. The van der Waals surface area contributed by atoms with Crippen LogP contribution in [0, 0.1) is 11.8 Å². The number of halogens is 3. The Bertz CT molecular complexity index is 634. The Hall–Kier alpha value is -2.45. The van der Waals surface area contributed by atoms with E-state index in [2.05, 4.69) is 5.32 Å². The van der Waals surface area contributed by atoms with Gasteiger partial charge in [0.1, 0.15) is 5.75 Å². The van der Waals surface area contributed by atoms with Crippen LogP contribution in [0.2, 0.25) is 0 Å². The highest BCUT2D eigenvalue weighted by atomic mass is 19.4. The maximum Gasteiger partial charge on any atom is 0.394 e. The number of carboxylic acid groups (broad SMARTS) is 1. The Kier molecular flexibility index (Phi) is 6.33. The summed E-state index contributed by atoms with van der Waals surface area (Å²) in [6.07, 6.45) is -3.35. The number of likely N-dealkylation sites (tertiary alicyclic amines) is 1. The van der Waals surface area contributed by atoms with Gasteiger partial charge in [0.15, 0.2) is 0 Å². The summed E-state index contributed by atoms with van der Waals surface area (Å²) in [4.78, 5) is 24.0. The molecule has 0 saturated carbocycles. The minimum Gasteiger partial charge on any atom is -0.497 e. The molecule has 1 aliphatic heterocycles. The van der Waals surface area contributed by atoms with Crippen molar-refractivity contribution < 1.29 is 32.6 Å². The molecule has 0 aromatic heterocycles. The number of rotatable bonds is 6. The number of carbonyl (C=O) groups is 2. The highest BCUT2D eigenvalue weighted by Crippen LogP contribution is 2.37. The van der Waals surface area contributed by atoms with Crippen LogP contribution in [-0.2, 0) is 11.2 Å². The first-order valence-electron chi connectivity index (χ1n) is 8.17. The fourth-order valence-corrected chi connectivity index (χ4v) is 2.94. The Morgan fingerprint density at radius 1 is 1.27 bits per heavy atom. The summed E-state index contributed by atoms with van der Waals surface area (Å²) in [6, 6.07) is 6.76. The van der Waals surface area contributed by atoms with Crippen molar-refractivity contribution in [2.45, 2.75) is 19.0 Å². The zero-order valence-electron chi connectivity index (χ0n) is 14.3. The van der Waals surface area contributed by atoms with Crippen molar-refractivity contribution in [3.8, 4) is 5.75 Å².